The molecule has 0 bridgehead atoms. The van der Waals surface area contributed by atoms with Gasteiger partial charge in [0.15, 0.2) is 0 Å². The molecule has 0 aliphatic heterocycles. The first-order valence-corrected chi connectivity index (χ1v) is 8.32. The summed E-state index contributed by atoms with van der Waals surface area (Å²) in [6, 6.07) is 6.35. The molecule has 1 aromatic heterocycles. The number of aliphatic carboxylic acids is 1. The van der Waals surface area contributed by atoms with Crippen molar-refractivity contribution >= 4 is 27.3 Å². The smallest absolute Gasteiger partial charge is 0.310 e. The number of rotatable bonds is 5. The number of hydrogen-bond donors (Lipinski definition) is 1. The van der Waals surface area contributed by atoms with Gasteiger partial charge in [-0.3, -0.25) is 4.79 Å². The van der Waals surface area contributed by atoms with E-state index in [0.29, 0.717) is 10.7 Å². The molecule has 0 amide bonds. The molecule has 1 aromatic carbocycles. The van der Waals surface area contributed by atoms with Crippen LogP contribution in [0, 0.1) is 0 Å². The van der Waals surface area contributed by atoms with Gasteiger partial charge in [0.25, 0.3) is 0 Å². The van der Waals surface area contributed by atoms with Gasteiger partial charge >= 0.3 is 5.97 Å². The van der Waals surface area contributed by atoms with Crippen LogP contribution in [-0.2, 0) is 21.2 Å². The second kappa shape index (κ2) is 5.92. The van der Waals surface area contributed by atoms with Gasteiger partial charge in [0.1, 0.15) is 5.01 Å². The van der Waals surface area contributed by atoms with Gasteiger partial charge in [-0.2, -0.15) is 0 Å². The van der Waals surface area contributed by atoms with E-state index in [1.54, 1.807) is 17.5 Å². The van der Waals surface area contributed by atoms with E-state index in [0.717, 1.165) is 9.87 Å². The number of thiazole rings is 1. The number of carboxylic acids is 1. The highest BCUT2D eigenvalue weighted by atomic mass is 32.2. The molecule has 0 unspecified atom stereocenters. The molecule has 1 heterocycles. The summed E-state index contributed by atoms with van der Waals surface area (Å²) in [5, 5.41) is 11.0. The van der Waals surface area contributed by atoms with Crippen LogP contribution in [-0.4, -0.2) is 42.9 Å². The summed E-state index contributed by atoms with van der Waals surface area (Å²) in [6.45, 7) is 0. The van der Waals surface area contributed by atoms with Crippen molar-refractivity contribution in [1.29, 1.82) is 0 Å². The monoisotopic (exact) mass is 326 g/mol. The number of aromatic nitrogens is 1. The predicted octanol–water partition coefficient (Wildman–Crippen LogP) is 1.69. The van der Waals surface area contributed by atoms with E-state index in [4.69, 9.17) is 5.11 Å². The summed E-state index contributed by atoms with van der Waals surface area (Å²) in [6.07, 6.45) is -0.113. The Morgan fingerprint density at radius 2 is 1.90 bits per heavy atom. The van der Waals surface area contributed by atoms with Crippen molar-refractivity contribution in [2.45, 2.75) is 11.3 Å². The second-order valence-corrected chi connectivity index (χ2v) is 7.60. The number of sulfonamides is 1. The van der Waals surface area contributed by atoms with Gasteiger partial charge in [0.05, 0.1) is 17.0 Å². The van der Waals surface area contributed by atoms with Crippen LogP contribution in [0.15, 0.2) is 34.5 Å². The van der Waals surface area contributed by atoms with E-state index in [9.17, 15) is 13.2 Å². The Labute approximate surface area is 126 Å². The van der Waals surface area contributed by atoms with Crippen LogP contribution in [0.5, 0.6) is 0 Å². The van der Waals surface area contributed by atoms with Gasteiger partial charge in [-0.05, 0) is 12.1 Å². The second-order valence-electron chi connectivity index (χ2n) is 4.51. The van der Waals surface area contributed by atoms with Crippen LogP contribution >= 0.6 is 11.3 Å². The molecule has 0 aliphatic rings. The fourth-order valence-electron chi connectivity index (χ4n) is 1.66. The molecular formula is C13H14N2O4S2. The molecule has 6 nitrogen and oxygen atoms in total. The lowest BCUT2D eigenvalue weighted by molar-refractivity contribution is -0.136. The van der Waals surface area contributed by atoms with Gasteiger partial charge in [-0.25, -0.2) is 17.7 Å². The van der Waals surface area contributed by atoms with Crippen LogP contribution in [0.3, 0.4) is 0 Å². The number of benzene rings is 1. The van der Waals surface area contributed by atoms with Crippen molar-refractivity contribution in [3.8, 4) is 11.3 Å². The van der Waals surface area contributed by atoms with Crippen LogP contribution in [0.25, 0.3) is 11.3 Å². The summed E-state index contributed by atoms with van der Waals surface area (Å²) in [4.78, 5) is 15.1. The third kappa shape index (κ3) is 3.46. The zero-order valence-corrected chi connectivity index (χ0v) is 13.1. The average molecular weight is 326 g/mol. The zero-order valence-electron chi connectivity index (χ0n) is 11.5. The lowest BCUT2D eigenvalue weighted by Gasteiger charge is -2.11. The quantitative estimate of drug-likeness (QED) is 0.903. The van der Waals surface area contributed by atoms with Gasteiger partial charge in [0, 0.05) is 25.0 Å². The topological polar surface area (TPSA) is 87.6 Å². The maximum absolute atomic E-state index is 12.0. The Morgan fingerprint density at radius 3 is 2.43 bits per heavy atom. The molecular weight excluding hydrogens is 312 g/mol. The van der Waals surface area contributed by atoms with Crippen molar-refractivity contribution < 1.29 is 18.3 Å². The minimum Gasteiger partial charge on any atom is -0.481 e. The number of carboxylic acid groups (broad SMARTS) is 1. The Morgan fingerprint density at radius 1 is 1.29 bits per heavy atom. The van der Waals surface area contributed by atoms with Gasteiger partial charge in [0.2, 0.25) is 10.0 Å². The summed E-state index contributed by atoms with van der Waals surface area (Å²) in [7, 11) is -0.501. The predicted molar refractivity (Wildman–Crippen MR) is 79.8 cm³/mol. The molecule has 112 valence electrons. The number of nitrogens with zero attached hydrogens (tertiary/aromatic N) is 2. The lowest BCUT2D eigenvalue weighted by atomic mass is 10.2. The van der Waals surface area contributed by atoms with Crippen molar-refractivity contribution in [2.24, 2.45) is 0 Å². The minimum atomic E-state index is -3.45. The first-order valence-electron chi connectivity index (χ1n) is 6.00. The summed E-state index contributed by atoms with van der Waals surface area (Å²) in [5.41, 5.74) is 1.39. The van der Waals surface area contributed by atoms with Gasteiger partial charge in [-0.1, -0.05) is 12.1 Å². The molecule has 1 N–H and O–H groups in total. The summed E-state index contributed by atoms with van der Waals surface area (Å²) < 4.78 is 25.1. The number of hydrogen-bond acceptors (Lipinski definition) is 5. The SMILES string of the molecule is CN(C)S(=O)(=O)c1ccc(-c2csc(CC(=O)O)n2)cc1. The Balaban J connectivity index is 2.27. The van der Waals surface area contributed by atoms with Crippen LogP contribution in [0.2, 0.25) is 0 Å². The molecule has 0 radical (unpaired) electrons. The van der Waals surface area contributed by atoms with Crippen molar-refractivity contribution in [2.75, 3.05) is 14.1 Å². The summed E-state index contributed by atoms with van der Waals surface area (Å²) >= 11 is 1.27. The largest absolute Gasteiger partial charge is 0.481 e. The van der Waals surface area contributed by atoms with E-state index in [-0.39, 0.29) is 11.3 Å². The van der Waals surface area contributed by atoms with E-state index >= 15 is 0 Å². The highest BCUT2D eigenvalue weighted by Gasteiger charge is 2.17. The summed E-state index contributed by atoms with van der Waals surface area (Å²) in [5.74, 6) is -0.927. The standard InChI is InChI=1S/C13H14N2O4S2/c1-15(2)21(18,19)10-5-3-9(4-6-10)11-8-20-12(14-11)7-13(16)17/h3-6,8H,7H2,1-2H3,(H,16,17). The average Bonchev–Trinajstić information content (AvgIpc) is 2.86. The molecule has 0 saturated carbocycles. The first kappa shape index (κ1) is 15.6. The van der Waals surface area contributed by atoms with E-state index in [2.05, 4.69) is 4.98 Å². The van der Waals surface area contributed by atoms with Crippen molar-refractivity contribution in [1.82, 2.24) is 9.29 Å². The fourth-order valence-corrected chi connectivity index (χ4v) is 3.36. The lowest BCUT2D eigenvalue weighted by Crippen LogP contribution is -2.22. The van der Waals surface area contributed by atoms with Crippen LogP contribution in [0.1, 0.15) is 5.01 Å². The number of carbonyl (C=O) groups is 1. The van der Waals surface area contributed by atoms with E-state index in [1.807, 2.05) is 0 Å². The molecule has 0 spiro atoms. The maximum atomic E-state index is 12.0. The minimum absolute atomic E-state index is 0.113. The fraction of sp³-hybridized carbons (Fsp3) is 0.231. The Kier molecular flexibility index (Phi) is 4.40. The van der Waals surface area contributed by atoms with Crippen LogP contribution in [0.4, 0.5) is 0 Å². The molecule has 0 saturated heterocycles. The Bertz CT molecular complexity index is 749. The van der Waals surface area contributed by atoms with Crippen LogP contribution < -0.4 is 0 Å². The molecule has 8 heteroatoms. The van der Waals surface area contributed by atoms with E-state index < -0.39 is 16.0 Å². The third-order valence-corrected chi connectivity index (χ3v) is 5.46. The molecule has 0 fully saturated rings. The van der Waals surface area contributed by atoms with E-state index in [1.165, 1.54) is 37.6 Å². The zero-order chi connectivity index (χ0) is 15.6. The molecule has 21 heavy (non-hydrogen) atoms. The van der Waals surface area contributed by atoms with Gasteiger partial charge in [-0.15, -0.1) is 11.3 Å². The highest BCUT2D eigenvalue weighted by Crippen LogP contribution is 2.24. The molecule has 2 rings (SSSR count). The molecule has 0 atom stereocenters. The normalized spacial score (nSPS) is 11.8. The highest BCUT2D eigenvalue weighted by molar-refractivity contribution is 7.89. The third-order valence-electron chi connectivity index (χ3n) is 2.78. The first-order chi connectivity index (χ1) is 9.80. The maximum Gasteiger partial charge on any atom is 0.310 e. The van der Waals surface area contributed by atoms with Crippen molar-refractivity contribution in [3.05, 3.63) is 34.7 Å². The van der Waals surface area contributed by atoms with Gasteiger partial charge < -0.3 is 5.11 Å². The molecule has 0 aliphatic carbocycles. The Hall–Kier alpha value is -1.77. The molecule has 2 aromatic rings. The van der Waals surface area contributed by atoms with Crippen molar-refractivity contribution in [3.63, 3.8) is 0 Å².